The van der Waals surface area contributed by atoms with E-state index in [2.05, 4.69) is 22.4 Å². The van der Waals surface area contributed by atoms with E-state index in [1.165, 1.54) is 0 Å². The third-order valence-corrected chi connectivity index (χ3v) is 4.40. The van der Waals surface area contributed by atoms with Crippen molar-refractivity contribution < 1.29 is 0 Å². The van der Waals surface area contributed by atoms with Crippen molar-refractivity contribution in [2.45, 2.75) is 12.5 Å². The maximum atomic E-state index is 6.03. The summed E-state index contributed by atoms with van der Waals surface area (Å²) in [6, 6.07) is 20.2. The smallest absolute Gasteiger partial charge is 0.0864 e. The van der Waals surface area contributed by atoms with Crippen LogP contribution in [0.3, 0.4) is 0 Å². The Hall–Kier alpha value is -2.65. The molecule has 0 amide bonds. The number of pyridine rings is 1. The van der Waals surface area contributed by atoms with Crippen molar-refractivity contribution in [2.24, 2.45) is 4.99 Å². The molecular weight excluding hydrogens is 318 g/mol. The van der Waals surface area contributed by atoms with Crippen LogP contribution in [-0.2, 0) is 0 Å². The molecular formula is C20H16ClN3. The fraction of sp³-hybridized carbons (Fsp3) is 0.100. The molecule has 0 aliphatic carbocycles. The van der Waals surface area contributed by atoms with Gasteiger partial charge in [0.15, 0.2) is 0 Å². The first-order valence-electron chi connectivity index (χ1n) is 7.88. The molecule has 0 radical (unpaired) electrons. The fourth-order valence-corrected chi connectivity index (χ4v) is 3.05. The predicted molar refractivity (Wildman–Crippen MR) is 99.3 cm³/mol. The number of hydrogen-bond acceptors (Lipinski definition) is 3. The van der Waals surface area contributed by atoms with Crippen LogP contribution in [0.2, 0.25) is 5.02 Å². The molecule has 24 heavy (non-hydrogen) atoms. The van der Waals surface area contributed by atoms with Crippen molar-refractivity contribution in [1.82, 2.24) is 4.98 Å². The minimum absolute atomic E-state index is 0.122. The van der Waals surface area contributed by atoms with Gasteiger partial charge in [0.05, 0.1) is 23.1 Å². The first-order chi connectivity index (χ1) is 11.8. The van der Waals surface area contributed by atoms with Crippen LogP contribution in [0.15, 0.2) is 78.0 Å². The Bertz CT molecular complexity index is 873. The quantitative estimate of drug-likeness (QED) is 0.680. The van der Waals surface area contributed by atoms with Crippen LogP contribution in [0.5, 0.6) is 0 Å². The molecule has 4 heteroatoms. The van der Waals surface area contributed by atoms with Crippen molar-refractivity contribution >= 4 is 28.7 Å². The minimum atomic E-state index is 0.122. The van der Waals surface area contributed by atoms with Gasteiger partial charge >= 0.3 is 0 Å². The number of nitrogens with one attached hydrogen (secondary N) is 1. The van der Waals surface area contributed by atoms with Crippen molar-refractivity contribution in [3.05, 3.63) is 89.2 Å². The van der Waals surface area contributed by atoms with Gasteiger partial charge in [0.25, 0.3) is 0 Å². The highest BCUT2D eigenvalue weighted by molar-refractivity contribution is 6.30. The summed E-state index contributed by atoms with van der Waals surface area (Å²) in [5.74, 6) is 0. The van der Waals surface area contributed by atoms with Crippen LogP contribution in [0.4, 0.5) is 11.4 Å². The summed E-state index contributed by atoms with van der Waals surface area (Å²) in [6.07, 6.45) is 4.48. The number of rotatable bonds is 2. The number of benzene rings is 2. The second-order valence-corrected chi connectivity index (χ2v) is 6.21. The van der Waals surface area contributed by atoms with Crippen molar-refractivity contribution in [2.75, 3.05) is 5.32 Å². The number of aliphatic imine (C=N–C) groups is 1. The first-order valence-corrected chi connectivity index (χ1v) is 8.26. The number of halogens is 1. The lowest BCUT2D eigenvalue weighted by molar-refractivity contribution is 0.822. The first kappa shape index (κ1) is 14.9. The molecule has 1 aliphatic heterocycles. The summed E-state index contributed by atoms with van der Waals surface area (Å²) in [6.45, 7) is 0. The molecule has 4 rings (SSSR count). The van der Waals surface area contributed by atoms with Crippen molar-refractivity contribution in [3.63, 3.8) is 0 Å². The number of fused-ring (bicyclic) bond motifs is 1. The molecule has 1 N–H and O–H groups in total. The monoisotopic (exact) mass is 333 g/mol. The van der Waals surface area contributed by atoms with Gasteiger partial charge in [-0.15, -0.1) is 0 Å². The lowest BCUT2D eigenvalue weighted by atomic mass is 9.98. The zero-order valence-electron chi connectivity index (χ0n) is 13.0. The molecule has 3 aromatic rings. The molecule has 2 aromatic carbocycles. The highest BCUT2D eigenvalue weighted by Gasteiger charge is 2.20. The fourth-order valence-electron chi connectivity index (χ4n) is 2.92. The Morgan fingerprint density at radius 1 is 0.958 bits per heavy atom. The van der Waals surface area contributed by atoms with Crippen molar-refractivity contribution in [3.8, 4) is 0 Å². The molecule has 0 saturated carbocycles. The number of anilines is 1. The van der Waals surface area contributed by atoms with Gasteiger partial charge in [0.1, 0.15) is 0 Å². The van der Waals surface area contributed by atoms with Crippen LogP contribution < -0.4 is 5.32 Å². The topological polar surface area (TPSA) is 37.3 Å². The van der Waals surface area contributed by atoms with Crippen molar-refractivity contribution in [1.29, 1.82) is 0 Å². The van der Waals surface area contributed by atoms with E-state index in [1.807, 2.05) is 54.7 Å². The molecule has 1 unspecified atom stereocenters. The van der Waals surface area contributed by atoms with Gasteiger partial charge < -0.3 is 5.32 Å². The third kappa shape index (κ3) is 3.03. The molecule has 2 heterocycles. The van der Waals surface area contributed by atoms with Gasteiger partial charge in [-0.2, -0.15) is 0 Å². The van der Waals surface area contributed by atoms with Gasteiger partial charge in [-0.25, -0.2) is 0 Å². The highest BCUT2D eigenvalue weighted by Crippen LogP contribution is 2.35. The largest absolute Gasteiger partial charge is 0.376 e. The van der Waals surface area contributed by atoms with Gasteiger partial charge in [-0.3, -0.25) is 9.98 Å². The number of aromatic nitrogens is 1. The average Bonchev–Trinajstić information content (AvgIpc) is 2.83. The van der Waals surface area contributed by atoms with E-state index in [0.29, 0.717) is 0 Å². The second kappa shape index (κ2) is 6.46. The number of hydrogen-bond donors (Lipinski definition) is 1. The summed E-state index contributed by atoms with van der Waals surface area (Å²) >= 11 is 6.03. The molecule has 0 saturated heterocycles. The lowest BCUT2D eigenvalue weighted by Crippen LogP contribution is -2.14. The minimum Gasteiger partial charge on any atom is -0.376 e. The zero-order valence-corrected chi connectivity index (χ0v) is 13.7. The summed E-state index contributed by atoms with van der Waals surface area (Å²) < 4.78 is 0. The van der Waals surface area contributed by atoms with E-state index < -0.39 is 0 Å². The van der Waals surface area contributed by atoms with Gasteiger partial charge in [-0.1, -0.05) is 41.9 Å². The summed E-state index contributed by atoms with van der Waals surface area (Å²) in [7, 11) is 0. The SMILES string of the molecule is Clc1ccc(C2=Nc3ccccc3NC(c3cccnc3)C2)cc1. The maximum Gasteiger partial charge on any atom is 0.0864 e. The Morgan fingerprint density at radius 2 is 1.79 bits per heavy atom. The second-order valence-electron chi connectivity index (χ2n) is 5.77. The summed E-state index contributed by atoms with van der Waals surface area (Å²) in [4.78, 5) is 9.16. The predicted octanol–water partition coefficient (Wildman–Crippen LogP) is 5.41. The van der Waals surface area contributed by atoms with E-state index in [1.54, 1.807) is 6.20 Å². The van der Waals surface area contributed by atoms with E-state index in [-0.39, 0.29) is 6.04 Å². The Morgan fingerprint density at radius 3 is 2.58 bits per heavy atom. The van der Waals surface area contributed by atoms with Gasteiger partial charge in [-0.05, 0) is 41.5 Å². The molecule has 3 nitrogen and oxygen atoms in total. The van der Waals surface area contributed by atoms with Crippen LogP contribution in [-0.4, -0.2) is 10.7 Å². The number of nitrogens with zero attached hydrogens (tertiary/aromatic N) is 2. The average molecular weight is 334 g/mol. The summed E-state index contributed by atoms with van der Waals surface area (Å²) in [5, 5.41) is 4.34. The van der Waals surface area contributed by atoms with E-state index in [4.69, 9.17) is 16.6 Å². The Kier molecular flexibility index (Phi) is 4.01. The number of para-hydroxylation sites is 2. The molecule has 0 bridgehead atoms. The highest BCUT2D eigenvalue weighted by atomic mass is 35.5. The maximum absolute atomic E-state index is 6.03. The van der Waals surface area contributed by atoms with E-state index in [0.717, 1.165) is 39.7 Å². The molecule has 118 valence electrons. The Balaban J connectivity index is 1.80. The zero-order chi connectivity index (χ0) is 16.4. The normalized spacial score (nSPS) is 16.5. The molecule has 1 atom stereocenters. The third-order valence-electron chi connectivity index (χ3n) is 4.15. The Labute approximate surface area is 146 Å². The molecule has 1 aliphatic rings. The van der Waals surface area contributed by atoms with Crippen LogP contribution in [0.1, 0.15) is 23.6 Å². The lowest BCUT2D eigenvalue weighted by Gasteiger charge is -2.18. The van der Waals surface area contributed by atoms with Crippen LogP contribution in [0, 0.1) is 0 Å². The van der Waals surface area contributed by atoms with Gasteiger partial charge in [0.2, 0.25) is 0 Å². The molecule has 0 fully saturated rings. The van der Waals surface area contributed by atoms with Gasteiger partial charge in [0, 0.05) is 23.8 Å². The molecule has 1 aromatic heterocycles. The standard InChI is InChI=1S/C20H16ClN3/c21-16-9-7-14(8-10-16)19-12-20(15-4-3-11-22-13-15)24-18-6-2-1-5-17(18)23-19/h1-11,13,20,24H,12H2. The summed E-state index contributed by atoms with van der Waals surface area (Å²) in [5.41, 5.74) is 5.27. The van der Waals surface area contributed by atoms with Crippen LogP contribution >= 0.6 is 11.6 Å². The van der Waals surface area contributed by atoms with E-state index in [9.17, 15) is 0 Å². The van der Waals surface area contributed by atoms with Crippen LogP contribution in [0.25, 0.3) is 0 Å². The molecule has 0 spiro atoms. The van der Waals surface area contributed by atoms with E-state index >= 15 is 0 Å².